The van der Waals surface area contributed by atoms with Crippen molar-refractivity contribution in [2.45, 2.75) is 18.9 Å². The van der Waals surface area contributed by atoms with Crippen LogP contribution in [0.3, 0.4) is 0 Å². The minimum Gasteiger partial charge on any atom is -0.382 e. The summed E-state index contributed by atoms with van der Waals surface area (Å²) in [5.41, 5.74) is 6.76. The van der Waals surface area contributed by atoms with Gasteiger partial charge in [0.2, 0.25) is 5.91 Å². The first-order valence-electron chi connectivity index (χ1n) is 4.69. The zero-order chi connectivity index (χ0) is 11.5. The molecule has 1 atom stereocenters. The summed E-state index contributed by atoms with van der Waals surface area (Å²) >= 11 is 3.27. The number of alkyl halides is 1. The molecule has 0 spiro atoms. The van der Waals surface area contributed by atoms with E-state index >= 15 is 0 Å². The third-order valence-corrected chi connectivity index (χ3v) is 2.41. The number of nitrogens with one attached hydrogen (secondary N) is 1. The molecule has 0 bridgehead atoms. The highest BCUT2D eigenvalue weighted by Gasteiger charge is 2.09. The van der Waals surface area contributed by atoms with Crippen LogP contribution in [0.2, 0.25) is 0 Å². The van der Waals surface area contributed by atoms with Crippen molar-refractivity contribution in [2.24, 2.45) is 0 Å². The Morgan fingerprint density at radius 3 is 2.73 bits per heavy atom. The molecule has 0 aliphatic carbocycles. The molecule has 5 nitrogen and oxygen atoms in total. The molecular weight excluding hydrogens is 266 g/mol. The van der Waals surface area contributed by atoms with Gasteiger partial charge < -0.3 is 14.2 Å². The van der Waals surface area contributed by atoms with Crippen molar-refractivity contribution in [3.8, 4) is 0 Å². The molecule has 1 amide bonds. The number of methoxy groups -OCH3 is 1. The molecule has 0 aromatic carbocycles. The van der Waals surface area contributed by atoms with Crippen molar-refractivity contribution in [3.05, 3.63) is 0 Å². The molecule has 0 aliphatic heterocycles. The van der Waals surface area contributed by atoms with Gasteiger partial charge in [0.1, 0.15) is 6.79 Å². The molecule has 0 heterocycles. The van der Waals surface area contributed by atoms with E-state index < -0.39 is 5.91 Å². The number of hydrogen-bond donors (Lipinski definition) is 0. The highest BCUT2D eigenvalue weighted by molar-refractivity contribution is 9.09. The van der Waals surface area contributed by atoms with Crippen molar-refractivity contribution >= 4 is 21.8 Å². The Hall–Kier alpha value is -0.170. The Balaban J connectivity index is 3.40. The molecule has 1 N–H and O–H groups in total. The molecule has 0 aromatic rings. The summed E-state index contributed by atoms with van der Waals surface area (Å²) < 4.78 is 15.2. The van der Waals surface area contributed by atoms with Crippen LogP contribution in [0.1, 0.15) is 12.8 Å². The van der Waals surface area contributed by atoms with Crippen molar-refractivity contribution < 1.29 is 19.0 Å². The monoisotopic (exact) mass is 282 g/mol. The quantitative estimate of drug-likeness (QED) is 0.340. The van der Waals surface area contributed by atoms with Crippen LogP contribution >= 0.6 is 15.9 Å². The zero-order valence-electron chi connectivity index (χ0n) is 8.83. The van der Waals surface area contributed by atoms with E-state index in [9.17, 15) is 4.79 Å². The van der Waals surface area contributed by atoms with Crippen LogP contribution in [0.4, 0.5) is 0 Å². The number of carbonyl (C=O) groups excluding carboxylic acids is 1. The van der Waals surface area contributed by atoms with E-state index in [0.717, 1.165) is 0 Å². The summed E-state index contributed by atoms with van der Waals surface area (Å²) in [6, 6.07) is 0. The van der Waals surface area contributed by atoms with Gasteiger partial charge in [-0.05, 0) is 6.42 Å². The minimum absolute atomic E-state index is 0.0816. The maximum Gasteiger partial charge on any atom is 0.238 e. The van der Waals surface area contributed by atoms with E-state index in [1.807, 2.05) is 0 Å². The van der Waals surface area contributed by atoms with E-state index in [2.05, 4.69) is 15.9 Å². The van der Waals surface area contributed by atoms with Crippen molar-refractivity contribution in [2.75, 3.05) is 32.4 Å². The third kappa shape index (κ3) is 10.1. The average molecular weight is 283 g/mol. The number of halogens is 1. The molecule has 0 fully saturated rings. The lowest BCUT2D eigenvalue weighted by atomic mass is 10.2. The summed E-state index contributed by atoms with van der Waals surface area (Å²) in [7, 11) is 1.60. The Morgan fingerprint density at radius 1 is 1.47 bits per heavy atom. The van der Waals surface area contributed by atoms with Crippen LogP contribution in [0.15, 0.2) is 0 Å². The molecule has 89 valence electrons. The molecule has 0 aromatic heterocycles. The van der Waals surface area contributed by atoms with E-state index in [-0.39, 0.29) is 19.3 Å². The largest absolute Gasteiger partial charge is 0.382 e. The number of ether oxygens (including phenoxy) is 3. The van der Waals surface area contributed by atoms with E-state index in [1.165, 1.54) is 0 Å². The number of carbonyl (C=O) groups is 1. The predicted octanol–water partition coefficient (Wildman–Crippen LogP) is 0.977. The summed E-state index contributed by atoms with van der Waals surface area (Å²) in [6.07, 6.45) is 0.678. The maximum absolute atomic E-state index is 10.4. The van der Waals surface area contributed by atoms with Crippen LogP contribution in [-0.4, -0.2) is 44.5 Å². The molecule has 0 saturated carbocycles. The van der Waals surface area contributed by atoms with Gasteiger partial charge in [-0.2, -0.15) is 0 Å². The van der Waals surface area contributed by atoms with E-state index in [1.54, 1.807) is 7.11 Å². The second kappa shape index (κ2) is 10.4. The molecule has 0 aliphatic rings. The summed E-state index contributed by atoms with van der Waals surface area (Å²) in [6.45, 7) is 1.21. The molecular formula is C9H17BrNO4. The molecule has 0 saturated heterocycles. The number of amides is 1. The van der Waals surface area contributed by atoms with Crippen LogP contribution < -0.4 is 5.73 Å². The Labute approximate surface area is 98.4 Å². The van der Waals surface area contributed by atoms with Gasteiger partial charge in [-0.25, -0.2) is 0 Å². The third-order valence-electron chi connectivity index (χ3n) is 1.68. The fourth-order valence-electron chi connectivity index (χ4n) is 0.843. The molecule has 15 heavy (non-hydrogen) atoms. The van der Waals surface area contributed by atoms with Gasteiger partial charge in [0.15, 0.2) is 0 Å². The second-order valence-electron chi connectivity index (χ2n) is 2.92. The van der Waals surface area contributed by atoms with E-state index in [0.29, 0.717) is 25.0 Å². The maximum atomic E-state index is 10.4. The first-order valence-corrected chi connectivity index (χ1v) is 5.81. The highest BCUT2D eigenvalue weighted by atomic mass is 79.9. The molecule has 1 radical (unpaired) electrons. The van der Waals surface area contributed by atoms with Crippen molar-refractivity contribution in [3.63, 3.8) is 0 Å². The Kier molecular flexibility index (Phi) is 10.2. The lowest BCUT2D eigenvalue weighted by molar-refractivity contribution is -0.121. The smallest absolute Gasteiger partial charge is 0.238 e. The van der Waals surface area contributed by atoms with Crippen LogP contribution in [0, 0.1) is 0 Å². The van der Waals surface area contributed by atoms with Gasteiger partial charge in [-0.15, -0.1) is 0 Å². The van der Waals surface area contributed by atoms with Crippen LogP contribution in [0.5, 0.6) is 0 Å². The van der Waals surface area contributed by atoms with Crippen LogP contribution in [0.25, 0.3) is 0 Å². The predicted molar refractivity (Wildman–Crippen MR) is 58.7 cm³/mol. The summed E-state index contributed by atoms with van der Waals surface area (Å²) in [5.74, 6) is -0.565. The summed E-state index contributed by atoms with van der Waals surface area (Å²) in [5, 5.41) is 0.633. The fraction of sp³-hybridized carbons (Fsp3) is 0.889. The normalized spacial score (nSPS) is 12.7. The van der Waals surface area contributed by atoms with Gasteiger partial charge in [-0.3, -0.25) is 10.5 Å². The van der Waals surface area contributed by atoms with Gasteiger partial charge in [0, 0.05) is 18.9 Å². The van der Waals surface area contributed by atoms with Crippen molar-refractivity contribution in [1.82, 2.24) is 5.73 Å². The van der Waals surface area contributed by atoms with E-state index in [4.69, 9.17) is 19.9 Å². The fourth-order valence-corrected chi connectivity index (χ4v) is 1.35. The number of rotatable bonds is 10. The Morgan fingerprint density at radius 2 is 2.20 bits per heavy atom. The average Bonchev–Trinajstić information content (AvgIpc) is 2.22. The topological polar surface area (TPSA) is 68.6 Å². The standard InChI is InChI=1S/C9H17BrNO4/c1-13-4-5-14-7-15-8(6-10)2-3-9(11)12/h8,11H,2-7H2,1H3/t8-/m1/s1. The molecule has 0 rings (SSSR count). The summed E-state index contributed by atoms with van der Waals surface area (Å²) in [4.78, 5) is 10.4. The zero-order valence-corrected chi connectivity index (χ0v) is 10.4. The van der Waals surface area contributed by atoms with Gasteiger partial charge in [-0.1, -0.05) is 15.9 Å². The van der Waals surface area contributed by atoms with Crippen molar-refractivity contribution in [1.29, 1.82) is 0 Å². The van der Waals surface area contributed by atoms with Gasteiger partial charge in [0.25, 0.3) is 0 Å². The second-order valence-corrected chi connectivity index (χ2v) is 3.57. The lowest BCUT2D eigenvalue weighted by Crippen LogP contribution is -2.19. The van der Waals surface area contributed by atoms with Crippen LogP contribution in [-0.2, 0) is 19.0 Å². The first-order chi connectivity index (χ1) is 7.20. The molecule has 6 heteroatoms. The first kappa shape index (κ1) is 14.8. The van der Waals surface area contributed by atoms with Gasteiger partial charge >= 0.3 is 0 Å². The minimum atomic E-state index is -0.565. The Bertz CT molecular complexity index is 168. The lowest BCUT2D eigenvalue weighted by Gasteiger charge is -2.14. The highest BCUT2D eigenvalue weighted by Crippen LogP contribution is 2.05. The number of hydrogen-bond acceptors (Lipinski definition) is 4. The SMILES string of the molecule is COCCOCO[C@@H](CBr)CCC([NH])=O. The van der Waals surface area contributed by atoms with Gasteiger partial charge in [0.05, 0.1) is 19.3 Å². The molecule has 0 unspecified atom stereocenters.